The van der Waals surface area contributed by atoms with E-state index in [2.05, 4.69) is 0 Å². The number of benzene rings is 2. The van der Waals surface area contributed by atoms with Crippen LogP contribution in [0.5, 0.6) is 11.5 Å². The molecule has 0 bridgehead atoms. The van der Waals surface area contributed by atoms with E-state index in [1.807, 2.05) is 0 Å². The minimum atomic E-state index is -4.44. The van der Waals surface area contributed by atoms with Crippen molar-refractivity contribution in [2.45, 2.75) is 11.3 Å². The van der Waals surface area contributed by atoms with E-state index in [-0.39, 0.29) is 45.5 Å². The summed E-state index contributed by atoms with van der Waals surface area (Å²) < 4.78 is 11.1. The third-order valence-electron chi connectivity index (χ3n) is 2.78. The first-order valence-corrected chi connectivity index (χ1v) is 9.17. The molecule has 0 saturated heterocycles. The molecular formula is C14H13O6PS. The molecule has 2 aromatic carbocycles. The number of phenolic OH excluding ortho intramolecular Hbond substituents is 2. The molecule has 22 heavy (non-hydrogen) atoms. The molecule has 0 spiro atoms. The molecule has 0 heterocycles. The van der Waals surface area contributed by atoms with Gasteiger partial charge in [-0.3, -0.25) is 4.79 Å². The largest absolute Gasteiger partial charge is 0.508 e. The van der Waals surface area contributed by atoms with E-state index in [9.17, 15) is 19.6 Å². The number of hydrogen-bond donors (Lipinski definition) is 4. The average Bonchev–Trinajstić information content (AvgIpc) is 2.39. The van der Waals surface area contributed by atoms with Crippen molar-refractivity contribution in [3.8, 4) is 11.5 Å². The summed E-state index contributed by atoms with van der Waals surface area (Å²) in [6, 6.07) is 9.83. The predicted octanol–water partition coefficient (Wildman–Crippen LogP) is 2.71. The van der Waals surface area contributed by atoms with Crippen LogP contribution in [0.25, 0.3) is 0 Å². The summed E-state index contributed by atoms with van der Waals surface area (Å²) >= 11 is 0.229. The van der Waals surface area contributed by atoms with E-state index < -0.39 is 6.80 Å². The topological polar surface area (TPSA) is 115 Å². The highest BCUT2D eigenvalue weighted by molar-refractivity contribution is 8.54. The van der Waals surface area contributed by atoms with Crippen LogP contribution < -0.4 is 0 Å². The standard InChI is InChI=1S/C14H13O6PS/c15-10-3-1-9(2-4-10)7-13(17)12-6-5-11(16)8-14(12)22-21(18,19)20/h1-6,8,15-16H,7H2,(H2,18,19,20). The molecule has 0 aromatic heterocycles. The summed E-state index contributed by atoms with van der Waals surface area (Å²) in [6.45, 7) is -4.44. The molecule has 0 aliphatic rings. The zero-order valence-electron chi connectivity index (χ0n) is 11.2. The van der Waals surface area contributed by atoms with E-state index in [1.54, 1.807) is 12.1 Å². The maximum absolute atomic E-state index is 12.3. The summed E-state index contributed by atoms with van der Waals surface area (Å²) in [5.41, 5.74) is 0.780. The first-order chi connectivity index (χ1) is 10.2. The van der Waals surface area contributed by atoms with E-state index in [0.29, 0.717) is 5.56 Å². The lowest BCUT2D eigenvalue weighted by atomic mass is 10.0. The van der Waals surface area contributed by atoms with Crippen molar-refractivity contribution in [2.75, 3.05) is 0 Å². The molecule has 8 heteroatoms. The predicted molar refractivity (Wildman–Crippen MR) is 82.1 cm³/mol. The Bertz CT molecular complexity index is 737. The third kappa shape index (κ3) is 4.61. The second kappa shape index (κ2) is 6.54. The summed E-state index contributed by atoms with van der Waals surface area (Å²) in [7, 11) is 0. The maximum atomic E-state index is 12.3. The number of phenols is 2. The van der Waals surface area contributed by atoms with Crippen molar-refractivity contribution < 1.29 is 29.4 Å². The monoisotopic (exact) mass is 340 g/mol. The molecule has 4 N–H and O–H groups in total. The number of hydrogen-bond acceptors (Lipinski definition) is 5. The fraction of sp³-hybridized carbons (Fsp3) is 0.0714. The number of carbonyl (C=O) groups is 1. The highest BCUT2D eigenvalue weighted by atomic mass is 32.7. The van der Waals surface area contributed by atoms with Crippen molar-refractivity contribution in [3.05, 3.63) is 53.6 Å². The van der Waals surface area contributed by atoms with Crippen LogP contribution in [0.3, 0.4) is 0 Å². The van der Waals surface area contributed by atoms with Crippen molar-refractivity contribution >= 4 is 24.0 Å². The fourth-order valence-corrected chi connectivity index (χ4v) is 3.77. The van der Waals surface area contributed by atoms with Gasteiger partial charge in [0.25, 0.3) is 0 Å². The Kier molecular flexibility index (Phi) is 4.93. The van der Waals surface area contributed by atoms with E-state index in [0.717, 1.165) is 6.07 Å². The van der Waals surface area contributed by atoms with Crippen LogP contribution in [0.15, 0.2) is 47.4 Å². The fourth-order valence-electron chi connectivity index (χ4n) is 1.84. The molecule has 2 aromatic rings. The zero-order valence-corrected chi connectivity index (χ0v) is 12.9. The average molecular weight is 340 g/mol. The molecule has 2 rings (SSSR count). The lowest BCUT2D eigenvalue weighted by molar-refractivity contribution is 0.0990. The highest BCUT2D eigenvalue weighted by Crippen LogP contribution is 2.55. The van der Waals surface area contributed by atoms with Gasteiger partial charge in [-0.1, -0.05) is 12.1 Å². The number of ketones is 1. The Balaban J connectivity index is 2.28. The molecule has 116 valence electrons. The van der Waals surface area contributed by atoms with Crippen LogP contribution in [-0.4, -0.2) is 25.8 Å². The van der Waals surface area contributed by atoms with E-state index in [4.69, 9.17) is 9.79 Å². The zero-order chi connectivity index (χ0) is 16.3. The van der Waals surface area contributed by atoms with Gasteiger partial charge in [-0.2, -0.15) is 0 Å². The van der Waals surface area contributed by atoms with Gasteiger partial charge >= 0.3 is 6.80 Å². The number of rotatable bonds is 5. The van der Waals surface area contributed by atoms with Gasteiger partial charge < -0.3 is 20.0 Å². The lowest BCUT2D eigenvalue weighted by Crippen LogP contribution is -2.05. The van der Waals surface area contributed by atoms with Gasteiger partial charge in [0, 0.05) is 16.9 Å². The van der Waals surface area contributed by atoms with Crippen LogP contribution in [0.2, 0.25) is 0 Å². The quantitative estimate of drug-likeness (QED) is 0.488. The minimum absolute atomic E-state index is 0.0137. The Labute approximate surface area is 130 Å². The summed E-state index contributed by atoms with van der Waals surface area (Å²) in [5.74, 6) is -0.447. The SMILES string of the molecule is O=C(Cc1ccc(O)cc1)c1ccc(O)cc1SP(=O)(O)O. The molecule has 0 saturated carbocycles. The van der Waals surface area contributed by atoms with Crippen molar-refractivity contribution in [2.24, 2.45) is 0 Å². The van der Waals surface area contributed by atoms with Crippen LogP contribution >= 0.6 is 18.2 Å². The van der Waals surface area contributed by atoms with Crippen molar-refractivity contribution in [3.63, 3.8) is 0 Å². The number of aromatic hydroxyl groups is 2. The lowest BCUT2D eigenvalue weighted by Gasteiger charge is -2.10. The van der Waals surface area contributed by atoms with Gasteiger partial charge in [0.2, 0.25) is 0 Å². The molecule has 0 amide bonds. The molecule has 0 fully saturated rings. The Morgan fingerprint density at radius 3 is 2.18 bits per heavy atom. The molecule has 0 aliphatic carbocycles. The number of carbonyl (C=O) groups excluding carboxylic acids is 1. The second-order valence-electron chi connectivity index (χ2n) is 4.53. The summed E-state index contributed by atoms with van der Waals surface area (Å²) in [5, 5.41) is 18.6. The Morgan fingerprint density at radius 1 is 1.00 bits per heavy atom. The van der Waals surface area contributed by atoms with Gasteiger partial charge in [-0.15, -0.1) is 0 Å². The van der Waals surface area contributed by atoms with Crippen molar-refractivity contribution in [1.82, 2.24) is 0 Å². The van der Waals surface area contributed by atoms with E-state index >= 15 is 0 Å². The van der Waals surface area contributed by atoms with Crippen LogP contribution in [-0.2, 0) is 11.0 Å². The molecule has 0 radical (unpaired) electrons. The smallest absolute Gasteiger partial charge is 0.388 e. The van der Waals surface area contributed by atoms with Crippen LogP contribution in [0, 0.1) is 0 Å². The van der Waals surface area contributed by atoms with Gasteiger partial charge in [-0.05, 0) is 47.3 Å². The van der Waals surface area contributed by atoms with Gasteiger partial charge in [0.1, 0.15) is 11.5 Å². The second-order valence-corrected chi connectivity index (χ2v) is 8.11. The normalized spacial score (nSPS) is 11.4. The van der Waals surface area contributed by atoms with E-state index in [1.165, 1.54) is 24.3 Å². The Hall–Kier alpha value is -1.79. The minimum Gasteiger partial charge on any atom is -0.508 e. The van der Waals surface area contributed by atoms with Crippen LogP contribution in [0.1, 0.15) is 15.9 Å². The molecular weight excluding hydrogens is 327 g/mol. The van der Waals surface area contributed by atoms with Gasteiger partial charge in [-0.25, -0.2) is 4.57 Å². The molecule has 6 nitrogen and oxygen atoms in total. The van der Waals surface area contributed by atoms with Crippen LogP contribution in [0.4, 0.5) is 0 Å². The van der Waals surface area contributed by atoms with Gasteiger partial charge in [0.15, 0.2) is 5.78 Å². The first-order valence-electron chi connectivity index (χ1n) is 6.14. The first kappa shape index (κ1) is 16.6. The summed E-state index contributed by atoms with van der Waals surface area (Å²) in [4.78, 5) is 30.4. The molecule has 0 atom stereocenters. The Morgan fingerprint density at radius 2 is 1.59 bits per heavy atom. The number of Topliss-reactive ketones (excluding diaryl/α,β-unsaturated/α-hetero) is 1. The summed E-state index contributed by atoms with van der Waals surface area (Å²) in [6.07, 6.45) is 0.0137. The molecule has 0 unspecified atom stereocenters. The third-order valence-corrected chi connectivity index (χ3v) is 4.86. The molecule has 0 aliphatic heterocycles. The maximum Gasteiger partial charge on any atom is 0.388 e. The van der Waals surface area contributed by atoms with Crippen molar-refractivity contribution in [1.29, 1.82) is 0 Å². The van der Waals surface area contributed by atoms with Gasteiger partial charge in [0.05, 0.1) is 0 Å². The highest BCUT2D eigenvalue weighted by Gasteiger charge is 2.21.